The fourth-order valence-electron chi connectivity index (χ4n) is 11.9. The zero-order valence-electron chi connectivity index (χ0n) is 30.6. The largest absolute Gasteiger partial charge is 0.481 e. The van der Waals surface area contributed by atoms with Gasteiger partial charge in [0.05, 0.1) is 0 Å². The second-order valence-electron chi connectivity index (χ2n) is 17.6. The molecule has 0 saturated heterocycles. The first-order chi connectivity index (χ1) is 23.0. The monoisotopic (exact) mass is 656 g/mol. The predicted molar refractivity (Wildman–Crippen MR) is 192 cm³/mol. The van der Waals surface area contributed by atoms with E-state index in [0.717, 1.165) is 103 Å². The molecule has 0 aliphatic heterocycles. The number of carbonyl (C=O) groups excluding carboxylic acids is 1. The first-order valence-electron chi connectivity index (χ1n) is 19.6. The summed E-state index contributed by atoms with van der Waals surface area (Å²) in [6, 6.07) is 3.89. The van der Waals surface area contributed by atoms with Crippen LogP contribution in [-0.2, 0) is 22.4 Å². The molecule has 1 aromatic heterocycles. The molecule has 1 heterocycles. The van der Waals surface area contributed by atoms with Crippen LogP contribution >= 0.6 is 0 Å². The van der Waals surface area contributed by atoms with Crippen molar-refractivity contribution in [3.05, 3.63) is 50.9 Å². The van der Waals surface area contributed by atoms with Crippen LogP contribution in [0.4, 0.5) is 0 Å². The molecule has 5 heteroatoms. The van der Waals surface area contributed by atoms with Gasteiger partial charge in [-0.1, -0.05) is 65.5 Å². The van der Waals surface area contributed by atoms with Gasteiger partial charge in [-0.05, 0) is 142 Å². The Bertz CT molecular complexity index is 1610. The molecule has 5 aliphatic rings. The predicted octanol–water partition coefficient (Wildman–Crippen LogP) is 10.3. The van der Waals surface area contributed by atoms with Crippen molar-refractivity contribution >= 4 is 16.9 Å². The van der Waals surface area contributed by atoms with E-state index in [0.29, 0.717) is 16.7 Å². The summed E-state index contributed by atoms with van der Waals surface area (Å²) in [4.78, 5) is 25.8. The zero-order chi connectivity index (χ0) is 33.8. The first kappa shape index (κ1) is 33.9. The number of rotatable bonds is 9. The van der Waals surface area contributed by atoms with E-state index in [1.165, 1.54) is 56.9 Å². The number of ether oxygens (including phenoxy) is 2. The minimum Gasteiger partial charge on any atom is -0.481 e. The summed E-state index contributed by atoms with van der Waals surface area (Å²) >= 11 is 0. The fraction of sp³-hybridized carbons (Fsp3) is 0.721. The molecule has 48 heavy (non-hydrogen) atoms. The third-order valence-electron chi connectivity index (χ3n) is 14.5. The maximum atomic E-state index is 13.1. The first-order valence-corrected chi connectivity index (χ1v) is 19.6. The van der Waals surface area contributed by atoms with Crippen molar-refractivity contribution in [1.29, 1.82) is 0 Å². The van der Waals surface area contributed by atoms with Gasteiger partial charge in [0, 0.05) is 22.9 Å². The number of aryl methyl sites for hydroxylation is 2. The number of fused-ring (bicyclic) bond motifs is 8. The lowest BCUT2D eigenvalue weighted by atomic mass is 9.47. The number of hydrogen-bond donors (Lipinski definition) is 0. The molecule has 0 unspecified atom stereocenters. The van der Waals surface area contributed by atoms with Crippen molar-refractivity contribution in [1.82, 2.24) is 0 Å². The van der Waals surface area contributed by atoms with Gasteiger partial charge in [-0.15, -0.1) is 0 Å². The van der Waals surface area contributed by atoms with Crippen LogP contribution in [0.2, 0.25) is 0 Å². The second-order valence-corrected chi connectivity index (χ2v) is 17.6. The van der Waals surface area contributed by atoms with Crippen molar-refractivity contribution in [3.8, 4) is 5.75 Å². The molecule has 0 N–H and O–H groups in total. The van der Waals surface area contributed by atoms with E-state index in [4.69, 9.17) is 13.9 Å². The Kier molecular flexibility index (Phi) is 9.39. The van der Waals surface area contributed by atoms with Crippen molar-refractivity contribution in [3.63, 3.8) is 0 Å². The molecular weight excluding hydrogens is 596 g/mol. The minimum absolute atomic E-state index is 0.0874. The third kappa shape index (κ3) is 5.97. The van der Waals surface area contributed by atoms with Crippen molar-refractivity contribution < 1.29 is 18.7 Å². The zero-order valence-corrected chi connectivity index (χ0v) is 30.6. The molecule has 262 valence electrons. The van der Waals surface area contributed by atoms with Crippen molar-refractivity contribution in [2.45, 2.75) is 144 Å². The number of allylic oxidation sites excluding steroid dienone is 1. The standard InChI is InChI=1S/C43H60O5/c1-26(2)10-9-11-27(3)35-17-18-36-34-15-14-29-24-30(20-22-42(29,5)37(34)21-23-43(35,36)6)47-39(44)25-46-38-19-16-32-31-12-7-8-13-33(31)41(45)48-40(32)28(38)4/h14,16,19,26-27,30,34-37H,7-13,15,17-18,20-25H2,1-6H3/t27-,30-,34+,35-,36+,37-,42-,43+/m1/s1. The molecule has 5 nitrogen and oxygen atoms in total. The van der Waals surface area contributed by atoms with Crippen LogP contribution in [0, 0.1) is 53.3 Å². The summed E-state index contributed by atoms with van der Waals surface area (Å²) in [5, 5.41) is 0.993. The summed E-state index contributed by atoms with van der Waals surface area (Å²) in [5.74, 6) is 5.20. The average molecular weight is 657 g/mol. The highest BCUT2D eigenvalue weighted by molar-refractivity contribution is 5.86. The van der Waals surface area contributed by atoms with Crippen LogP contribution in [0.1, 0.15) is 135 Å². The van der Waals surface area contributed by atoms with Crippen LogP contribution in [0.5, 0.6) is 5.75 Å². The molecule has 7 rings (SSSR count). The van der Waals surface area contributed by atoms with Crippen LogP contribution < -0.4 is 10.4 Å². The SMILES string of the molecule is Cc1c(OCC(=O)O[C@@H]2CC[C@]3(C)C(=CC[C@@H]4[C@H]3CC[C@@]3(C)[C@@H]([C@H](C)CCCC(C)C)CC[C@@H]43)C2)ccc2c3c(c(=O)oc12)CCCC3. The van der Waals surface area contributed by atoms with Gasteiger partial charge in [0.15, 0.2) is 6.61 Å². The molecule has 1 aromatic carbocycles. The van der Waals surface area contributed by atoms with Gasteiger partial charge in [-0.2, -0.15) is 0 Å². The Hall–Kier alpha value is -2.56. The van der Waals surface area contributed by atoms with Gasteiger partial charge in [0.1, 0.15) is 17.4 Å². The smallest absolute Gasteiger partial charge is 0.344 e. The number of hydrogen-bond acceptors (Lipinski definition) is 5. The topological polar surface area (TPSA) is 65.7 Å². The van der Waals surface area contributed by atoms with Gasteiger partial charge in [-0.3, -0.25) is 0 Å². The molecule has 0 bridgehead atoms. The van der Waals surface area contributed by atoms with Gasteiger partial charge in [0.2, 0.25) is 0 Å². The van der Waals surface area contributed by atoms with E-state index in [1.54, 1.807) is 0 Å². The van der Waals surface area contributed by atoms with Crippen LogP contribution in [0.15, 0.2) is 33.0 Å². The normalized spacial score (nSPS) is 33.3. The quantitative estimate of drug-likeness (QED) is 0.153. The maximum Gasteiger partial charge on any atom is 0.344 e. The van der Waals surface area contributed by atoms with E-state index >= 15 is 0 Å². The van der Waals surface area contributed by atoms with Crippen LogP contribution in [0.25, 0.3) is 11.0 Å². The highest BCUT2D eigenvalue weighted by Crippen LogP contribution is 2.67. The highest BCUT2D eigenvalue weighted by atomic mass is 16.6. The van der Waals surface area contributed by atoms with E-state index in [-0.39, 0.29) is 29.7 Å². The Balaban J connectivity index is 0.967. The van der Waals surface area contributed by atoms with Crippen molar-refractivity contribution in [2.75, 3.05) is 6.61 Å². The summed E-state index contributed by atoms with van der Waals surface area (Å²) < 4.78 is 17.8. The lowest BCUT2D eigenvalue weighted by molar-refractivity contribution is -0.153. The summed E-state index contributed by atoms with van der Waals surface area (Å²) in [6.45, 7) is 14.3. The van der Waals surface area contributed by atoms with Gasteiger partial charge in [0.25, 0.3) is 0 Å². The fourth-order valence-corrected chi connectivity index (χ4v) is 11.9. The third-order valence-corrected chi connectivity index (χ3v) is 14.5. The molecule has 8 atom stereocenters. The maximum absolute atomic E-state index is 13.1. The lowest BCUT2D eigenvalue weighted by Gasteiger charge is -2.58. The van der Waals surface area contributed by atoms with Gasteiger partial charge >= 0.3 is 11.6 Å². The van der Waals surface area contributed by atoms with E-state index in [1.807, 2.05) is 19.1 Å². The Morgan fingerprint density at radius 3 is 2.56 bits per heavy atom. The number of esters is 1. The van der Waals surface area contributed by atoms with Gasteiger partial charge in [-0.25, -0.2) is 9.59 Å². The second kappa shape index (κ2) is 13.3. The molecular formula is C43H60O5. The van der Waals surface area contributed by atoms with Crippen LogP contribution in [-0.4, -0.2) is 18.7 Å². The van der Waals surface area contributed by atoms with E-state index in [2.05, 4.69) is 40.7 Å². The molecule has 0 spiro atoms. The number of carbonyl (C=O) groups is 1. The highest BCUT2D eigenvalue weighted by Gasteiger charge is 2.59. The Labute approximate surface area is 288 Å². The average Bonchev–Trinajstić information content (AvgIpc) is 3.42. The van der Waals surface area contributed by atoms with Gasteiger partial charge < -0.3 is 13.9 Å². The molecule has 3 saturated carbocycles. The van der Waals surface area contributed by atoms with Crippen LogP contribution in [0.3, 0.4) is 0 Å². The summed E-state index contributed by atoms with van der Waals surface area (Å²) in [6.07, 6.45) is 20.1. The minimum atomic E-state index is -0.322. The molecule has 0 radical (unpaired) electrons. The number of benzene rings is 1. The van der Waals surface area contributed by atoms with E-state index in [9.17, 15) is 9.59 Å². The lowest BCUT2D eigenvalue weighted by Crippen LogP contribution is -2.51. The summed E-state index contributed by atoms with van der Waals surface area (Å²) in [7, 11) is 0. The molecule has 3 fully saturated rings. The molecule has 5 aliphatic carbocycles. The summed E-state index contributed by atoms with van der Waals surface area (Å²) in [5.41, 5.74) is 5.32. The van der Waals surface area contributed by atoms with E-state index < -0.39 is 0 Å². The Morgan fingerprint density at radius 2 is 1.77 bits per heavy atom. The Morgan fingerprint density at radius 1 is 0.979 bits per heavy atom. The van der Waals surface area contributed by atoms with Crippen molar-refractivity contribution in [2.24, 2.45) is 46.3 Å². The molecule has 2 aromatic rings. The molecule has 0 amide bonds.